The minimum atomic E-state index is 0.0597. The summed E-state index contributed by atoms with van der Waals surface area (Å²) in [6.07, 6.45) is 12.5. The quantitative estimate of drug-likeness (QED) is 0.647. The number of hydrogen-bond acceptors (Lipinski definition) is 1. The van der Waals surface area contributed by atoms with Gasteiger partial charge in [0.05, 0.1) is 6.10 Å². The van der Waals surface area contributed by atoms with Gasteiger partial charge in [-0.05, 0) is 49.4 Å². The minimum Gasteiger partial charge on any atom is -0.393 e. The molecule has 1 nitrogen and oxygen atoms in total. The first-order valence-corrected chi connectivity index (χ1v) is 7.06. The molecule has 0 bridgehead atoms. The summed E-state index contributed by atoms with van der Waals surface area (Å²) in [7, 11) is 0. The van der Waals surface area contributed by atoms with E-state index in [0.29, 0.717) is 5.92 Å². The van der Waals surface area contributed by atoms with Crippen LogP contribution in [0, 0.1) is 23.7 Å². The lowest BCUT2D eigenvalue weighted by molar-refractivity contribution is -0.133. The third-order valence-corrected chi connectivity index (χ3v) is 5.40. The van der Waals surface area contributed by atoms with Crippen LogP contribution in [-0.4, -0.2) is 11.2 Å². The van der Waals surface area contributed by atoms with Crippen LogP contribution in [0.15, 0.2) is 0 Å². The van der Waals surface area contributed by atoms with E-state index in [0.717, 1.165) is 24.2 Å². The fraction of sp³-hybridized carbons (Fsp3) is 1.00. The molecule has 15 heavy (non-hydrogen) atoms. The maximum atomic E-state index is 10.1. The Bertz CT molecular complexity index is 225. The van der Waals surface area contributed by atoms with Gasteiger partial charge in [0.15, 0.2) is 0 Å². The zero-order chi connectivity index (χ0) is 10.3. The maximum absolute atomic E-state index is 10.1. The van der Waals surface area contributed by atoms with Crippen LogP contribution in [0.1, 0.15) is 57.8 Å². The fourth-order valence-electron chi connectivity index (χ4n) is 4.74. The Hall–Kier alpha value is -0.0400. The lowest BCUT2D eigenvalue weighted by Gasteiger charge is -2.57. The molecular weight excluding hydrogens is 184 g/mol. The van der Waals surface area contributed by atoms with Crippen LogP contribution in [-0.2, 0) is 0 Å². The van der Waals surface area contributed by atoms with Crippen molar-refractivity contribution in [3.05, 3.63) is 0 Å². The summed E-state index contributed by atoms with van der Waals surface area (Å²) in [6, 6.07) is 0. The SMILES string of the molecule is OC1CCCC2C3CCCCCCC3C12. The van der Waals surface area contributed by atoms with Crippen molar-refractivity contribution < 1.29 is 5.11 Å². The van der Waals surface area contributed by atoms with E-state index in [1.165, 1.54) is 51.4 Å². The minimum absolute atomic E-state index is 0.0597. The van der Waals surface area contributed by atoms with Gasteiger partial charge in [-0.15, -0.1) is 0 Å². The summed E-state index contributed by atoms with van der Waals surface area (Å²) in [5.74, 6) is 3.54. The van der Waals surface area contributed by atoms with Gasteiger partial charge in [0.1, 0.15) is 0 Å². The van der Waals surface area contributed by atoms with Crippen LogP contribution in [0.4, 0.5) is 0 Å². The molecule has 0 spiro atoms. The van der Waals surface area contributed by atoms with Gasteiger partial charge in [-0.25, -0.2) is 0 Å². The Morgan fingerprint density at radius 3 is 1.93 bits per heavy atom. The summed E-state index contributed by atoms with van der Waals surface area (Å²) >= 11 is 0. The second kappa shape index (κ2) is 4.08. The van der Waals surface area contributed by atoms with E-state index in [2.05, 4.69) is 0 Å². The molecule has 0 radical (unpaired) electrons. The monoisotopic (exact) mass is 208 g/mol. The molecule has 3 fully saturated rings. The molecule has 0 aromatic carbocycles. The highest BCUT2D eigenvalue weighted by molar-refractivity contribution is 5.02. The van der Waals surface area contributed by atoms with Gasteiger partial charge in [-0.1, -0.05) is 32.1 Å². The molecule has 3 aliphatic rings. The average molecular weight is 208 g/mol. The second-order valence-corrected chi connectivity index (χ2v) is 6.06. The highest BCUT2D eigenvalue weighted by Crippen LogP contribution is 2.57. The molecule has 0 aliphatic heterocycles. The van der Waals surface area contributed by atoms with Crippen LogP contribution in [0.3, 0.4) is 0 Å². The zero-order valence-electron chi connectivity index (χ0n) is 9.70. The molecule has 0 heterocycles. The van der Waals surface area contributed by atoms with Gasteiger partial charge in [-0.3, -0.25) is 0 Å². The van der Waals surface area contributed by atoms with Crippen LogP contribution >= 0.6 is 0 Å². The zero-order valence-corrected chi connectivity index (χ0v) is 9.70. The summed E-state index contributed by atoms with van der Waals surface area (Å²) in [5.41, 5.74) is 0. The third-order valence-electron chi connectivity index (χ3n) is 5.40. The number of rotatable bonds is 0. The molecule has 5 unspecified atom stereocenters. The van der Waals surface area contributed by atoms with E-state index in [9.17, 15) is 5.11 Å². The smallest absolute Gasteiger partial charge is 0.0573 e. The predicted octanol–water partition coefficient (Wildman–Crippen LogP) is 3.36. The molecule has 1 heteroatoms. The maximum Gasteiger partial charge on any atom is 0.0573 e. The van der Waals surface area contributed by atoms with Crippen molar-refractivity contribution in [2.75, 3.05) is 0 Å². The standard InChI is InChI=1S/C14H24O/c15-13-9-5-8-12-10-6-3-1-2-4-7-11(10)14(12)13/h10-15H,1-9H2. The Morgan fingerprint density at radius 2 is 1.20 bits per heavy atom. The molecule has 0 aromatic rings. The normalized spacial score (nSPS) is 50.6. The number of aliphatic hydroxyl groups is 1. The van der Waals surface area contributed by atoms with E-state index in [4.69, 9.17) is 0 Å². The van der Waals surface area contributed by atoms with Crippen LogP contribution in [0.25, 0.3) is 0 Å². The molecule has 3 saturated carbocycles. The van der Waals surface area contributed by atoms with Gasteiger partial charge in [-0.2, -0.15) is 0 Å². The van der Waals surface area contributed by atoms with Gasteiger partial charge in [0.2, 0.25) is 0 Å². The molecule has 1 N–H and O–H groups in total. The summed E-state index contributed by atoms with van der Waals surface area (Å²) in [5, 5.41) is 10.1. The molecule has 3 aliphatic carbocycles. The summed E-state index contributed by atoms with van der Waals surface area (Å²) < 4.78 is 0. The largest absolute Gasteiger partial charge is 0.393 e. The lowest BCUT2D eigenvalue weighted by atomic mass is 9.48. The van der Waals surface area contributed by atoms with Gasteiger partial charge >= 0.3 is 0 Å². The Kier molecular flexibility index (Phi) is 2.76. The Labute approximate surface area is 93.3 Å². The van der Waals surface area contributed by atoms with E-state index in [-0.39, 0.29) is 6.10 Å². The summed E-state index contributed by atoms with van der Waals surface area (Å²) in [6.45, 7) is 0. The molecule has 5 atom stereocenters. The average Bonchev–Trinajstić information content (AvgIpc) is 2.19. The van der Waals surface area contributed by atoms with Crippen molar-refractivity contribution in [1.29, 1.82) is 0 Å². The third kappa shape index (κ3) is 1.63. The second-order valence-electron chi connectivity index (χ2n) is 6.06. The van der Waals surface area contributed by atoms with Gasteiger partial charge < -0.3 is 5.11 Å². The fourth-order valence-corrected chi connectivity index (χ4v) is 4.74. The van der Waals surface area contributed by atoms with Crippen LogP contribution in [0.2, 0.25) is 0 Å². The van der Waals surface area contributed by atoms with E-state index >= 15 is 0 Å². The number of aliphatic hydroxyl groups excluding tert-OH is 1. The van der Waals surface area contributed by atoms with E-state index in [1.807, 2.05) is 0 Å². The predicted molar refractivity (Wildman–Crippen MR) is 61.5 cm³/mol. The van der Waals surface area contributed by atoms with Crippen LogP contribution < -0.4 is 0 Å². The summed E-state index contributed by atoms with van der Waals surface area (Å²) in [4.78, 5) is 0. The van der Waals surface area contributed by atoms with Gasteiger partial charge in [0, 0.05) is 0 Å². The van der Waals surface area contributed by atoms with Gasteiger partial charge in [0.25, 0.3) is 0 Å². The first kappa shape index (κ1) is 10.1. The van der Waals surface area contributed by atoms with Crippen molar-refractivity contribution in [3.8, 4) is 0 Å². The Balaban J connectivity index is 1.71. The first-order valence-electron chi connectivity index (χ1n) is 7.06. The number of hydrogen-bond donors (Lipinski definition) is 1. The lowest BCUT2D eigenvalue weighted by Crippen LogP contribution is -2.54. The molecule has 0 aromatic heterocycles. The van der Waals surface area contributed by atoms with Crippen LogP contribution in [0.5, 0.6) is 0 Å². The van der Waals surface area contributed by atoms with Crippen molar-refractivity contribution in [2.24, 2.45) is 23.7 Å². The highest BCUT2D eigenvalue weighted by Gasteiger charge is 2.53. The van der Waals surface area contributed by atoms with Crippen molar-refractivity contribution >= 4 is 0 Å². The molecule has 0 amide bonds. The van der Waals surface area contributed by atoms with Crippen molar-refractivity contribution in [1.82, 2.24) is 0 Å². The number of fused-ring (bicyclic) bond motifs is 4. The van der Waals surface area contributed by atoms with E-state index in [1.54, 1.807) is 0 Å². The Morgan fingerprint density at radius 1 is 0.600 bits per heavy atom. The first-order chi connectivity index (χ1) is 7.38. The van der Waals surface area contributed by atoms with Crippen molar-refractivity contribution in [2.45, 2.75) is 63.9 Å². The van der Waals surface area contributed by atoms with E-state index < -0.39 is 0 Å². The van der Waals surface area contributed by atoms with Crippen molar-refractivity contribution in [3.63, 3.8) is 0 Å². The topological polar surface area (TPSA) is 20.2 Å². The molecule has 86 valence electrons. The molecule has 3 rings (SSSR count). The highest BCUT2D eigenvalue weighted by atomic mass is 16.3. The molecule has 0 saturated heterocycles. The molecular formula is C14H24O.